The lowest BCUT2D eigenvalue weighted by Gasteiger charge is -2.24. The number of hydrogen-bond donors (Lipinski definition) is 1. The average Bonchev–Trinajstić information content (AvgIpc) is 3.15. The van der Waals surface area contributed by atoms with E-state index in [1.54, 1.807) is 0 Å². The zero-order valence-electron chi connectivity index (χ0n) is 11.4. The first-order valence-electron chi connectivity index (χ1n) is 6.80. The predicted octanol–water partition coefficient (Wildman–Crippen LogP) is 2.98. The maximum Gasteiger partial charge on any atom is 0.169 e. The lowest BCUT2D eigenvalue weighted by molar-refractivity contribution is 0.356. The van der Waals surface area contributed by atoms with Crippen molar-refractivity contribution in [1.82, 2.24) is 15.4 Å². The van der Waals surface area contributed by atoms with Crippen molar-refractivity contribution in [1.29, 1.82) is 0 Å². The van der Waals surface area contributed by atoms with Crippen LogP contribution in [0, 0.1) is 0 Å². The molecular formula is C15H17N3OS. The molecule has 0 amide bonds. The smallest absolute Gasteiger partial charge is 0.169 e. The summed E-state index contributed by atoms with van der Waals surface area (Å²) < 4.78 is 5.48. The third-order valence-corrected chi connectivity index (χ3v) is 4.09. The van der Waals surface area contributed by atoms with Crippen LogP contribution in [0.1, 0.15) is 24.6 Å². The summed E-state index contributed by atoms with van der Waals surface area (Å²) in [5.41, 5.74) is 2.01. The Labute approximate surface area is 123 Å². The van der Waals surface area contributed by atoms with E-state index >= 15 is 0 Å². The molecule has 1 N–H and O–H groups in total. The molecule has 1 atom stereocenters. The molecule has 0 radical (unpaired) electrons. The molecule has 0 saturated carbocycles. The number of benzene rings is 1. The molecule has 5 heteroatoms. The Bertz CT molecular complexity index is 596. The van der Waals surface area contributed by atoms with Crippen LogP contribution in [0.15, 0.2) is 40.9 Å². The van der Waals surface area contributed by atoms with E-state index in [0.717, 1.165) is 41.5 Å². The van der Waals surface area contributed by atoms with Crippen LogP contribution >= 0.6 is 12.2 Å². The standard InChI is InChI=1S/C15H17N3OS/c1-16-15(20)18-9-5-8-13(18)12-10-14(19-17-12)11-6-3-2-4-7-11/h2-4,6-7,10,13H,5,8-9H2,1H3,(H,16,20). The van der Waals surface area contributed by atoms with E-state index in [4.69, 9.17) is 16.7 Å². The van der Waals surface area contributed by atoms with Crippen LogP contribution < -0.4 is 5.32 Å². The number of rotatable bonds is 2. The summed E-state index contributed by atoms with van der Waals surface area (Å²) in [6.07, 6.45) is 2.18. The second kappa shape index (κ2) is 5.63. The number of nitrogens with one attached hydrogen (secondary N) is 1. The van der Waals surface area contributed by atoms with Crippen LogP contribution in [0.25, 0.3) is 11.3 Å². The van der Waals surface area contributed by atoms with E-state index in [9.17, 15) is 0 Å². The molecule has 1 aromatic heterocycles. The van der Waals surface area contributed by atoms with Gasteiger partial charge in [0, 0.05) is 25.2 Å². The highest BCUT2D eigenvalue weighted by Crippen LogP contribution is 2.33. The van der Waals surface area contributed by atoms with Crippen molar-refractivity contribution in [2.24, 2.45) is 0 Å². The zero-order chi connectivity index (χ0) is 13.9. The molecule has 1 aromatic carbocycles. The molecule has 104 valence electrons. The van der Waals surface area contributed by atoms with Gasteiger partial charge in [-0.2, -0.15) is 0 Å². The summed E-state index contributed by atoms with van der Waals surface area (Å²) in [5, 5.41) is 8.06. The zero-order valence-corrected chi connectivity index (χ0v) is 12.2. The first-order chi connectivity index (χ1) is 9.79. The number of thiocarbonyl (C=S) groups is 1. The van der Waals surface area contributed by atoms with E-state index < -0.39 is 0 Å². The van der Waals surface area contributed by atoms with Gasteiger partial charge < -0.3 is 14.7 Å². The van der Waals surface area contributed by atoms with Gasteiger partial charge in [-0.25, -0.2) is 0 Å². The van der Waals surface area contributed by atoms with Gasteiger partial charge in [-0.1, -0.05) is 35.5 Å². The summed E-state index contributed by atoms with van der Waals surface area (Å²) in [6.45, 7) is 0.970. The van der Waals surface area contributed by atoms with E-state index in [0.29, 0.717) is 0 Å². The van der Waals surface area contributed by atoms with Gasteiger partial charge in [-0.15, -0.1) is 0 Å². The van der Waals surface area contributed by atoms with Crippen LogP contribution in [-0.4, -0.2) is 28.8 Å². The van der Waals surface area contributed by atoms with Crippen LogP contribution in [0.4, 0.5) is 0 Å². The molecule has 2 heterocycles. The SMILES string of the molecule is CNC(=S)N1CCCC1c1cc(-c2ccccc2)on1. The van der Waals surface area contributed by atoms with Crippen LogP contribution in [0.2, 0.25) is 0 Å². The number of hydrogen-bond acceptors (Lipinski definition) is 3. The maximum absolute atomic E-state index is 5.48. The van der Waals surface area contributed by atoms with Crippen molar-refractivity contribution >= 4 is 17.3 Å². The average molecular weight is 287 g/mol. The van der Waals surface area contributed by atoms with Crippen LogP contribution in [0.3, 0.4) is 0 Å². The van der Waals surface area contributed by atoms with Crippen molar-refractivity contribution in [3.63, 3.8) is 0 Å². The fourth-order valence-electron chi connectivity index (χ4n) is 2.65. The lowest BCUT2D eigenvalue weighted by atomic mass is 10.1. The minimum atomic E-state index is 0.219. The predicted molar refractivity (Wildman–Crippen MR) is 82.3 cm³/mol. The first kappa shape index (κ1) is 13.1. The molecular weight excluding hydrogens is 270 g/mol. The molecule has 4 nitrogen and oxygen atoms in total. The van der Waals surface area contributed by atoms with Gasteiger partial charge in [-0.3, -0.25) is 0 Å². The summed E-state index contributed by atoms with van der Waals surface area (Å²) in [4.78, 5) is 2.18. The van der Waals surface area contributed by atoms with Gasteiger partial charge in [0.15, 0.2) is 10.9 Å². The number of aromatic nitrogens is 1. The van der Waals surface area contributed by atoms with Crippen molar-refractivity contribution in [3.8, 4) is 11.3 Å². The quantitative estimate of drug-likeness (QED) is 0.860. The van der Waals surface area contributed by atoms with Crippen molar-refractivity contribution in [2.45, 2.75) is 18.9 Å². The van der Waals surface area contributed by atoms with Crippen molar-refractivity contribution < 1.29 is 4.52 Å². The first-order valence-corrected chi connectivity index (χ1v) is 7.21. The van der Waals surface area contributed by atoms with Crippen LogP contribution in [-0.2, 0) is 0 Å². The summed E-state index contributed by atoms with van der Waals surface area (Å²) in [7, 11) is 1.86. The molecule has 0 aliphatic carbocycles. The van der Waals surface area contributed by atoms with Gasteiger partial charge in [0.1, 0.15) is 5.69 Å². The maximum atomic E-state index is 5.48. The van der Waals surface area contributed by atoms with Crippen molar-refractivity contribution in [2.75, 3.05) is 13.6 Å². The Balaban J connectivity index is 1.85. The summed E-state index contributed by atoms with van der Waals surface area (Å²) >= 11 is 5.35. The monoisotopic (exact) mass is 287 g/mol. The second-order valence-corrected chi connectivity index (χ2v) is 5.28. The van der Waals surface area contributed by atoms with Gasteiger partial charge in [0.2, 0.25) is 0 Å². The number of likely N-dealkylation sites (tertiary alicyclic amines) is 1. The van der Waals surface area contributed by atoms with Crippen LogP contribution in [0.5, 0.6) is 0 Å². The van der Waals surface area contributed by atoms with Gasteiger partial charge >= 0.3 is 0 Å². The molecule has 0 spiro atoms. The Morgan fingerprint density at radius 3 is 2.95 bits per heavy atom. The molecule has 3 rings (SSSR count). The highest BCUT2D eigenvalue weighted by Gasteiger charge is 2.30. The molecule has 20 heavy (non-hydrogen) atoms. The number of nitrogens with zero attached hydrogens (tertiary/aromatic N) is 2. The summed E-state index contributed by atoms with van der Waals surface area (Å²) in [5.74, 6) is 0.808. The van der Waals surface area contributed by atoms with Gasteiger partial charge in [0.05, 0.1) is 6.04 Å². The van der Waals surface area contributed by atoms with Crippen molar-refractivity contribution in [3.05, 3.63) is 42.1 Å². The van der Waals surface area contributed by atoms with E-state index in [2.05, 4.69) is 15.4 Å². The van der Waals surface area contributed by atoms with E-state index in [1.165, 1.54) is 0 Å². The third kappa shape index (κ3) is 2.41. The van der Waals surface area contributed by atoms with E-state index in [1.807, 2.05) is 43.4 Å². The molecule has 1 aliphatic rings. The Kier molecular flexibility index (Phi) is 3.69. The normalized spacial score (nSPS) is 18.2. The Hall–Kier alpha value is -1.88. The molecule has 1 fully saturated rings. The van der Waals surface area contributed by atoms with E-state index in [-0.39, 0.29) is 6.04 Å². The largest absolute Gasteiger partial charge is 0.366 e. The Morgan fingerprint density at radius 2 is 2.20 bits per heavy atom. The van der Waals surface area contributed by atoms with Gasteiger partial charge in [-0.05, 0) is 25.1 Å². The second-order valence-electron chi connectivity index (χ2n) is 4.89. The molecule has 1 aliphatic heterocycles. The molecule has 0 bridgehead atoms. The molecule has 1 unspecified atom stereocenters. The highest BCUT2D eigenvalue weighted by atomic mass is 32.1. The Morgan fingerprint density at radius 1 is 1.40 bits per heavy atom. The summed E-state index contributed by atoms with van der Waals surface area (Å²) in [6, 6.07) is 12.3. The lowest BCUT2D eigenvalue weighted by Crippen LogP contribution is -2.37. The topological polar surface area (TPSA) is 41.3 Å². The fraction of sp³-hybridized carbons (Fsp3) is 0.333. The minimum Gasteiger partial charge on any atom is -0.366 e. The highest BCUT2D eigenvalue weighted by molar-refractivity contribution is 7.80. The molecule has 1 saturated heterocycles. The fourth-order valence-corrected chi connectivity index (χ4v) is 2.86. The minimum absolute atomic E-state index is 0.219. The molecule has 2 aromatic rings. The van der Waals surface area contributed by atoms with Gasteiger partial charge in [0.25, 0.3) is 0 Å². The third-order valence-electron chi connectivity index (χ3n) is 3.66.